The second-order valence-corrected chi connectivity index (χ2v) is 4.72. The number of nitrogens with zero attached hydrogens (tertiary/aromatic N) is 1. The van der Waals surface area contributed by atoms with Gasteiger partial charge in [-0.25, -0.2) is 0 Å². The maximum atomic E-state index is 5.61. The molecular formula is C13H14BrN3O. The fraction of sp³-hybridized carbons (Fsp3) is 0.154. The molecule has 0 amide bonds. The van der Waals surface area contributed by atoms with Crippen molar-refractivity contribution < 1.29 is 4.74 Å². The van der Waals surface area contributed by atoms with Gasteiger partial charge < -0.3 is 10.2 Å². The van der Waals surface area contributed by atoms with Crippen LogP contribution >= 0.6 is 15.9 Å². The summed E-state index contributed by atoms with van der Waals surface area (Å²) in [5.74, 6) is 5.33. The van der Waals surface area contributed by atoms with Crippen LogP contribution in [0.25, 0.3) is 0 Å². The molecule has 94 valence electrons. The Morgan fingerprint density at radius 1 is 1.22 bits per heavy atom. The quantitative estimate of drug-likeness (QED) is 0.659. The van der Waals surface area contributed by atoms with Crippen molar-refractivity contribution in [2.75, 3.05) is 5.43 Å². The largest absolute Gasteiger partial charge is 0.370 e. The molecule has 3 N–H and O–H groups in total. The summed E-state index contributed by atoms with van der Waals surface area (Å²) in [6.45, 7) is 1.02. The Morgan fingerprint density at radius 3 is 2.89 bits per heavy atom. The van der Waals surface area contributed by atoms with Crippen LogP contribution in [-0.4, -0.2) is 4.98 Å². The highest BCUT2D eigenvalue weighted by atomic mass is 79.9. The van der Waals surface area contributed by atoms with Crippen LogP contribution in [0, 0.1) is 0 Å². The van der Waals surface area contributed by atoms with E-state index in [0.717, 1.165) is 21.4 Å². The number of nitrogens with one attached hydrogen (secondary N) is 1. The molecule has 0 aliphatic heterocycles. The summed E-state index contributed by atoms with van der Waals surface area (Å²) in [7, 11) is 0. The molecule has 4 nitrogen and oxygen atoms in total. The predicted molar refractivity (Wildman–Crippen MR) is 74.7 cm³/mol. The van der Waals surface area contributed by atoms with Gasteiger partial charge in [0.05, 0.1) is 24.6 Å². The van der Waals surface area contributed by atoms with E-state index >= 15 is 0 Å². The summed E-state index contributed by atoms with van der Waals surface area (Å²) in [5, 5.41) is 0. The van der Waals surface area contributed by atoms with Crippen LogP contribution in [0.5, 0.6) is 0 Å². The lowest BCUT2D eigenvalue weighted by Crippen LogP contribution is -2.07. The van der Waals surface area contributed by atoms with E-state index < -0.39 is 0 Å². The van der Waals surface area contributed by atoms with Crippen LogP contribution in [-0.2, 0) is 18.0 Å². The van der Waals surface area contributed by atoms with E-state index in [2.05, 4.69) is 26.3 Å². The molecule has 0 radical (unpaired) electrons. The Kier molecular flexibility index (Phi) is 4.69. The third-order valence-corrected chi connectivity index (χ3v) is 2.88. The summed E-state index contributed by atoms with van der Waals surface area (Å²) >= 11 is 3.43. The first-order chi connectivity index (χ1) is 8.78. The topological polar surface area (TPSA) is 60.2 Å². The Bertz CT molecular complexity index is 519. The number of ether oxygens (including phenoxy) is 1. The highest BCUT2D eigenvalue weighted by molar-refractivity contribution is 9.10. The van der Waals surface area contributed by atoms with E-state index in [4.69, 9.17) is 10.6 Å². The van der Waals surface area contributed by atoms with Gasteiger partial charge in [0.1, 0.15) is 0 Å². The van der Waals surface area contributed by atoms with Gasteiger partial charge in [0.2, 0.25) is 0 Å². The minimum absolute atomic E-state index is 0.460. The Labute approximate surface area is 114 Å². The molecule has 0 saturated heterocycles. The summed E-state index contributed by atoms with van der Waals surface area (Å²) in [5.41, 5.74) is 5.38. The lowest BCUT2D eigenvalue weighted by atomic mass is 10.2. The SMILES string of the molecule is NNc1ccnc(COCc2cccc(Br)c2)c1. The first kappa shape index (κ1) is 13.0. The standard InChI is InChI=1S/C13H14BrN3O/c14-11-3-1-2-10(6-11)8-18-9-13-7-12(17-15)4-5-16-13/h1-7H,8-9,15H2,(H,16,17). The molecule has 1 aromatic carbocycles. The van der Waals surface area contributed by atoms with Gasteiger partial charge >= 0.3 is 0 Å². The number of benzene rings is 1. The minimum atomic E-state index is 0.460. The van der Waals surface area contributed by atoms with Crippen LogP contribution in [0.3, 0.4) is 0 Å². The van der Waals surface area contributed by atoms with Gasteiger partial charge in [-0.05, 0) is 29.8 Å². The monoisotopic (exact) mass is 307 g/mol. The van der Waals surface area contributed by atoms with E-state index in [9.17, 15) is 0 Å². The van der Waals surface area contributed by atoms with Crippen LogP contribution in [0.1, 0.15) is 11.3 Å². The Morgan fingerprint density at radius 2 is 2.11 bits per heavy atom. The van der Waals surface area contributed by atoms with Crippen molar-refractivity contribution in [3.63, 3.8) is 0 Å². The van der Waals surface area contributed by atoms with E-state index in [1.165, 1.54) is 0 Å². The molecule has 0 aliphatic rings. The molecule has 0 atom stereocenters. The fourth-order valence-electron chi connectivity index (χ4n) is 1.55. The van der Waals surface area contributed by atoms with Gasteiger partial charge in [0, 0.05) is 10.7 Å². The summed E-state index contributed by atoms with van der Waals surface area (Å²) in [4.78, 5) is 4.21. The van der Waals surface area contributed by atoms with Crippen LogP contribution < -0.4 is 11.3 Å². The third kappa shape index (κ3) is 3.80. The number of nitrogen functional groups attached to an aromatic ring is 1. The van der Waals surface area contributed by atoms with E-state index in [1.54, 1.807) is 12.3 Å². The van der Waals surface area contributed by atoms with E-state index in [-0.39, 0.29) is 0 Å². The minimum Gasteiger partial charge on any atom is -0.370 e. The van der Waals surface area contributed by atoms with Gasteiger partial charge in [0.15, 0.2) is 0 Å². The van der Waals surface area contributed by atoms with Crippen molar-refractivity contribution in [2.45, 2.75) is 13.2 Å². The molecule has 0 spiro atoms. The smallest absolute Gasteiger partial charge is 0.0893 e. The number of halogens is 1. The van der Waals surface area contributed by atoms with Crippen molar-refractivity contribution in [2.24, 2.45) is 5.84 Å². The van der Waals surface area contributed by atoms with Crippen LogP contribution in [0.2, 0.25) is 0 Å². The van der Waals surface area contributed by atoms with Crippen molar-refractivity contribution in [1.29, 1.82) is 0 Å². The van der Waals surface area contributed by atoms with Gasteiger partial charge in [-0.2, -0.15) is 0 Å². The second-order valence-electron chi connectivity index (χ2n) is 3.80. The van der Waals surface area contributed by atoms with Gasteiger partial charge in [-0.3, -0.25) is 10.8 Å². The molecule has 5 heteroatoms. The Balaban J connectivity index is 1.88. The average molecular weight is 308 g/mol. The summed E-state index contributed by atoms with van der Waals surface area (Å²) in [6, 6.07) is 11.7. The molecule has 0 bridgehead atoms. The molecule has 1 aromatic heterocycles. The van der Waals surface area contributed by atoms with Crippen molar-refractivity contribution in [3.8, 4) is 0 Å². The van der Waals surface area contributed by atoms with Crippen molar-refractivity contribution >= 4 is 21.6 Å². The van der Waals surface area contributed by atoms with Crippen LogP contribution in [0.15, 0.2) is 47.1 Å². The van der Waals surface area contributed by atoms with Crippen LogP contribution in [0.4, 0.5) is 5.69 Å². The van der Waals surface area contributed by atoms with Crippen molar-refractivity contribution in [1.82, 2.24) is 4.98 Å². The first-order valence-electron chi connectivity index (χ1n) is 5.51. The van der Waals surface area contributed by atoms with E-state index in [1.807, 2.05) is 30.3 Å². The molecule has 0 saturated carbocycles. The highest BCUT2D eigenvalue weighted by Crippen LogP contribution is 2.13. The molecule has 0 aliphatic carbocycles. The third-order valence-electron chi connectivity index (χ3n) is 2.39. The number of rotatable bonds is 5. The zero-order valence-electron chi connectivity index (χ0n) is 9.77. The number of pyridine rings is 1. The van der Waals surface area contributed by atoms with Crippen molar-refractivity contribution in [3.05, 3.63) is 58.3 Å². The molecular weight excluding hydrogens is 294 g/mol. The molecule has 0 fully saturated rings. The second kappa shape index (κ2) is 6.49. The molecule has 1 heterocycles. The lowest BCUT2D eigenvalue weighted by molar-refractivity contribution is 0.104. The number of anilines is 1. The van der Waals surface area contributed by atoms with Gasteiger partial charge in [0.25, 0.3) is 0 Å². The number of aromatic nitrogens is 1. The first-order valence-corrected chi connectivity index (χ1v) is 6.31. The average Bonchev–Trinajstić information content (AvgIpc) is 2.39. The fourth-order valence-corrected chi connectivity index (χ4v) is 1.99. The normalized spacial score (nSPS) is 10.3. The number of hydrogen-bond acceptors (Lipinski definition) is 4. The van der Waals surface area contributed by atoms with Gasteiger partial charge in [-0.15, -0.1) is 0 Å². The lowest BCUT2D eigenvalue weighted by Gasteiger charge is -2.06. The molecule has 18 heavy (non-hydrogen) atoms. The number of nitrogens with two attached hydrogens (primary N) is 1. The summed E-state index contributed by atoms with van der Waals surface area (Å²) in [6.07, 6.45) is 1.70. The molecule has 2 rings (SSSR count). The van der Waals surface area contributed by atoms with E-state index in [0.29, 0.717) is 13.2 Å². The predicted octanol–water partition coefficient (Wildman–Crippen LogP) is 2.85. The zero-order chi connectivity index (χ0) is 12.8. The molecule has 0 unspecified atom stereocenters. The number of hydrazine groups is 1. The number of hydrogen-bond donors (Lipinski definition) is 2. The Hall–Kier alpha value is -1.43. The van der Waals surface area contributed by atoms with Gasteiger partial charge in [-0.1, -0.05) is 28.1 Å². The molecule has 2 aromatic rings. The maximum absolute atomic E-state index is 5.61. The maximum Gasteiger partial charge on any atom is 0.0893 e. The highest BCUT2D eigenvalue weighted by Gasteiger charge is 1.98. The summed E-state index contributed by atoms with van der Waals surface area (Å²) < 4.78 is 6.66. The zero-order valence-corrected chi connectivity index (χ0v) is 11.4.